The fourth-order valence-electron chi connectivity index (χ4n) is 4.38. The SMILES string of the molecule is CC(Sc1cc(C(=O)NC2CC2)c2ccccc2n1)C(=O)NC1CCN(Cc2ccccc2)C1. The number of pyridine rings is 1. The normalized spacial score (nSPS) is 19.1. The van der Waals surface area contributed by atoms with Gasteiger partial charge in [-0.3, -0.25) is 14.5 Å². The van der Waals surface area contributed by atoms with Gasteiger partial charge in [0.15, 0.2) is 0 Å². The Balaban J connectivity index is 1.21. The number of fused-ring (bicyclic) bond motifs is 1. The van der Waals surface area contributed by atoms with Crippen LogP contribution in [0, 0.1) is 0 Å². The van der Waals surface area contributed by atoms with Gasteiger partial charge in [0, 0.05) is 37.1 Å². The number of thioether (sulfide) groups is 1. The van der Waals surface area contributed by atoms with Crippen molar-refractivity contribution >= 4 is 34.5 Å². The van der Waals surface area contributed by atoms with E-state index in [-0.39, 0.29) is 29.1 Å². The molecule has 5 rings (SSSR count). The molecule has 0 radical (unpaired) electrons. The first-order valence-electron chi connectivity index (χ1n) is 12.0. The molecule has 6 nitrogen and oxygen atoms in total. The number of carbonyl (C=O) groups is 2. The van der Waals surface area contributed by atoms with Crippen LogP contribution in [0.3, 0.4) is 0 Å². The van der Waals surface area contributed by atoms with E-state index < -0.39 is 0 Å². The lowest BCUT2D eigenvalue weighted by atomic mass is 10.1. The number of likely N-dealkylation sites (tertiary alicyclic amines) is 1. The summed E-state index contributed by atoms with van der Waals surface area (Å²) < 4.78 is 0. The molecule has 2 N–H and O–H groups in total. The van der Waals surface area contributed by atoms with Crippen molar-refractivity contribution in [2.75, 3.05) is 13.1 Å². The van der Waals surface area contributed by atoms with Crippen LogP contribution in [-0.2, 0) is 11.3 Å². The third kappa shape index (κ3) is 5.59. The van der Waals surface area contributed by atoms with Crippen LogP contribution in [0.15, 0.2) is 65.7 Å². The minimum Gasteiger partial charge on any atom is -0.351 e. The Kier molecular flexibility index (Phi) is 6.83. The Morgan fingerprint density at radius 3 is 2.59 bits per heavy atom. The largest absolute Gasteiger partial charge is 0.351 e. The molecular formula is C27H30N4O2S. The van der Waals surface area contributed by atoms with Gasteiger partial charge in [0.1, 0.15) is 0 Å². The maximum absolute atomic E-state index is 12.9. The average molecular weight is 475 g/mol. The van der Waals surface area contributed by atoms with Crippen molar-refractivity contribution in [3.8, 4) is 0 Å². The fourth-order valence-corrected chi connectivity index (χ4v) is 5.25. The monoisotopic (exact) mass is 474 g/mol. The van der Waals surface area contributed by atoms with Crippen molar-refractivity contribution in [2.45, 2.75) is 55.1 Å². The highest BCUT2D eigenvalue weighted by Gasteiger charge is 2.27. The summed E-state index contributed by atoms with van der Waals surface area (Å²) >= 11 is 1.40. The summed E-state index contributed by atoms with van der Waals surface area (Å²) in [5.41, 5.74) is 2.69. The highest BCUT2D eigenvalue weighted by atomic mass is 32.2. The number of benzene rings is 2. The average Bonchev–Trinajstić information content (AvgIpc) is 3.56. The molecule has 1 aliphatic carbocycles. The molecule has 7 heteroatoms. The summed E-state index contributed by atoms with van der Waals surface area (Å²) in [6.45, 7) is 4.65. The highest BCUT2D eigenvalue weighted by Crippen LogP contribution is 2.28. The van der Waals surface area contributed by atoms with Gasteiger partial charge >= 0.3 is 0 Å². The quantitative estimate of drug-likeness (QED) is 0.483. The predicted molar refractivity (Wildman–Crippen MR) is 136 cm³/mol. The van der Waals surface area contributed by atoms with Crippen LogP contribution in [0.2, 0.25) is 0 Å². The Labute approximate surface area is 204 Å². The van der Waals surface area contributed by atoms with Crippen molar-refractivity contribution in [1.82, 2.24) is 20.5 Å². The number of para-hydroxylation sites is 1. The summed E-state index contributed by atoms with van der Waals surface area (Å²) in [6, 6.07) is 20.4. The number of nitrogens with one attached hydrogen (secondary N) is 2. The molecule has 2 amide bonds. The van der Waals surface area contributed by atoms with Crippen molar-refractivity contribution in [3.05, 3.63) is 71.8 Å². The molecule has 0 spiro atoms. The van der Waals surface area contributed by atoms with Gasteiger partial charge in [0.2, 0.25) is 5.91 Å². The van der Waals surface area contributed by atoms with Gasteiger partial charge in [-0.25, -0.2) is 4.98 Å². The molecule has 176 valence electrons. The predicted octanol–water partition coefficient (Wildman–Crippen LogP) is 4.00. The first kappa shape index (κ1) is 22.9. The molecule has 2 heterocycles. The molecule has 0 bridgehead atoms. The number of nitrogens with zero attached hydrogens (tertiary/aromatic N) is 2. The van der Waals surface area contributed by atoms with Crippen molar-refractivity contribution < 1.29 is 9.59 Å². The van der Waals surface area contributed by atoms with Gasteiger partial charge in [0.25, 0.3) is 5.91 Å². The molecule has 34 heavy (non-hydrogen) atoms. The third-order valence-electron chi connectivity index (χ3n) is 6.38. The van der Waals surface area contributed by atoms with E-state index in [9.17, 15) is 9.59 Å². The number of aromatic nitrogens is 1. The molecule has 1 saturated heterocycles. The summed E-state index contributed by atoms with van der Waals surface area (Å²) in [6.07, 6.45) is 3.03. The summed E-state index contributed by atoms with van der Waals surface area (Å²) in [4.78, 5) is 32.9. The van der Waals surface area contributed by atoms with E-state index in [2.05, 4.69) is 39.8 Å². The molecule has 2 fully saturated rings. The lowest BCUT2D eigenvalue weighted by molar-refractivity contribution is -0.120. The molecule has 1 saturated carbocycles. The van der Waals surface area contributed by atoms with Crippen LogP contribution in [0.25, 0.3) is 10.9 Å². The zero-order valence-electron chi connectivity index (χ0n) is 19.4. The van der Waals surface area contributed by atoms with E-state index in [0.29, 0.717) is 10.6 Å². The van der Waals surface area contributed by atoms with Crippen molar-refractivity contribution in [3.63, 3.8) is 0 Å². The number of carbonyl (C=O) groups excluding carboxylic acids is 2. The number of amides is 2. The number of rotatable bonds is 8. The van der Waals surface area contributed by atoms with Gasteiger partial charge in [-0.05, 0) is 43.9 Å². The number of hydrogen-bond donors (Lipinski definition) is 2. The van der Waals surface area contributed by atoms with Gasteiger partial charge in [-0.2, -0.15) is 0 Å². The zero-order chi connectivity index (χ0) is 23.5. The molecule has 2 atom stereocenters. The van der Waals surface area contributed by atoms with Crippen LogP contribution in [0.4, 0.5) is 0 Å². The molecule has 3 aromatic rings. The molecule has 1 aliphatic heterocycles. The molecule has 2 unspecified atom stereocenters. The second kappa shape index (κ2) is 10.2. The van der Waals surface area contributed by atoms with E-state index in [1.165, 1.54) is 17.3 Å². The standard InChI is InChI=1S/C27H30N4O2S/c1-18(26(32)29-21-13-14-31(17-21)16-19-7-3-2-4-8-19)34-25-15-23(27(33)28-20-11-12-20)22-9-5-6-10-24(22)30-25/h2-10,15,18,20-21H,11-14,16-17H2,1H3,(H,28,33)(H,29,32). The van der Waals surface area contributed by atoms with Crippen LogP contribution < -0.4 is 10.6 Å². The summed E-state index contributed by atoms with van der Waals surface area (Å²) in [7, 11) is 0. The topological polar surface area (TPSA) is 74.3 Å². The highest BCUT2D eigenvalue weighted by molar-refractivity contribution is 8.00. The Morgan fingerprint density at radius 2 is 1.79 bits per heavy atom. The van der Waals surface area contributed by atoms with Crippen molar-refractivity contribution in [1.29, 1.82) is 0 Å². The first-order chi connectivity index (χ1) is 16.5. The Bertz CT molecular complexity index is 1180. The molecular weight excluding hydrogens is 444 g/mol. The molecule has 2 aliphatic rings. The van der Waals surface area contributed by atoms with Crippen molar-refractivity contribution in [2.24, 2.45) is 0 Å². The van der Waals surface area contributed by atoms with E-state index in [1.807, 2.05) is 43.3 Å². The van der Waals surface area contributed by atoms with Gasteiger partial charge in [0.05, 0.1) is 21.4 Å². The fraction of sp³-hybridized carbons (Fsp3) is 0.370. The first-order valence-corrected chi connectivity index (χ1v) is 12.9. The van der Waals surface area contributed by atoms with E-state index in [0.717, 1.165) is 49.8 Å². The van der Waals surface area contributed by atoms with Gasteiger partial charge < -0.3 is 10.6 Å². The minimum atomic E-state index is -0.309. The summed E-state index contributed by atoms with van der Waals surface area (Å²) in [5.74, 6) is -0.0555. The molecule has 2 aromatic carbocycles. The second-order valence-corrected chi connectivity index (χ2v) is 10.6. The lowest BCUT2D eigenvalue weighted by Gasteiger charge is -2.19. The third-order valence-corrected chi connectivity index (χ3v) is 7.40. The zero-order valence-corrected chi connectivity index (χ0v) is 20.2. The maximum Gasteiger partial charge on any atom is 0.252 e. The minimum absolute atomic E-state index is 0.00972. The maximum atomic E-state index is 12.9. The van der Waals surface area contributed by atoms with Crippen LogP contribution in [0.1, 0.15) is 42.1 Å². The van der Waals surface area contributed by atoms with E-state index in [1.54, 1.807) is 0 Å². The van der Waals surface area contributed by atoms with Crippen LogP contribution in [0.5, 0.6) is 0 Å². The smallest absolute Gasteiger partial charge is 0.252 e. The van der Waals surface area contributed by atoms with E-state index in [4.69, 9.17) is 4.98 Å². The molecule has 1 aromatic heterocycles. The van der Waals surface area contributed by atoms with Gasteiger partial charge in [-0.15, -0.1) is 0 Å². The van der Waals surface area contributed by atoms with Crippen LogP contribution in [-0.4, -0.2) is 52.1 Å². The van der Waals surface area contributed by atoms with E-state index >= 15 is 0 Å². The second-order valence-electron chi connectivity index (χ2n) is 9.25. The van der Waals surface area contributed by atoms with Gasteiger partial charge in [-0.1, -0.05) is 60.3 Å². The number of hydrogen-bond acceptors (Lipinski definition) is 5. The summed E-state index contributed by atoms with van der Waals surface area (Å²) in [5, 5.41) is 7.51. The van der Waals surface area contributed by atoms with Crippen LogP contribution >= 0.6 is 11.8 Å². The lowest BCUT2D eigenvalue weighted by Crippen LogP contribution is -2.40. The Hall–Kier alpha value is -2.90. The Morgan fingerprint density at radius 1 is 1.03 bits per heavy atom.